The maximum absolute atomic E-state index is 11.8. The Morgan fingerprint density at radius 3 is 2.28 bits per heavy atom. The molecule has 0 amide bonds. The normalized spacial score (nSPS) is 11.6. The molecule has 2 nitrogen and oxygen atoms in total. The summed E-state index contributed by atoms with van der Waals surface area (Å²) >= 11 is 0. The van der Waals surface area contributed by atoms with Crippen LogP contribution >= 0.6 is 0 Å². The molecule has 1 aromatic rings. The fourth-order valence-corrected chi connectivity index (χ4v) is 1.66. The molecule has 0 bridgehead atoms. The van der Waals surface area contributed by atoms with Crippen LogP contribution in [0, 0.1) is 13.8 Å². The number of Topliss-reactive ketones (excluding diaryl/α,β-unsaturated/α-hetero) is 1. The fraction of sp³-hybridized carbons (Fsp3) is 0.462. The van der Waals surface area contributed by atoms with E-state index in [1.54, 1.807) is 0 Å². The van der Waals surface area contributed by atoms with E-state index >= 15 is 0 Å². The van der Waals surface area contributed by atoms with Crippen molar-refractivity contribution in [3.63, 3.8) is 0 Å². The number of carbonyl (C=O) groups excluding carboxylic acids is 1. The molecule has 0 saturated heterocycles. The second-order valence-corrected chi connectivity index (χ2v) is 4.19. The van der Waals surface area contributed by atoms with Gasteiger partial charge in [0.05, 0.1) is 0 Å². The van der Waals surface area contributed by atoms with Crippen molar-refractivity contribution in [2.45, 2.75) is 26.4 Å². The molecule has 0 radical (unpaired) electrons. The molecule has 0 aliphatic heterocycles. The monoisotopic (exact) mass is 260 g/mol. The van der Waals surface area contributed by atoms with Crippen LogP contribution in [0.15, 0.2) is 18.2 Å². The first-order chi connectivity index (χ1) is 8.29. The van der Waals surface area contributed by atoms with Crippen molar-refractivity contribution >= 4 is 5.78 Å². The number of halogens is 3. The van der Waals surface area contributed by atoms with Crippen molar-refractivity contribution < 1.29 is 22.7 Å². The van der Waals surface area contributed by atoms with E-state index in [4.69, 9.17) is 0 Å². The van der Waals surface area contributed by atoms with Crippen LogP contribution in [-0.4, -0.2) is 25.2 Å². The molecule has 0 aromatic heterocycles. The zero-order valence-corrected chi connectivity index (χ0v) is 10.3. The van der Waals surface area contributed by atoms with Gasteiger partial charge in [-0.3, -0.25) is 4.79 Å². The number of ketones is 1. The standard InChI is InChI=1S/C13H15F3O2/c1-9-4-3-5-10(2)12(9)6-11(17)7-18-8-13(14,15)16/h3-5H,6-8H2,1-2H3. The van der Waals surface area contributed by atoms with Gasteiger partial charge in [-0.15, -0.1) is 0 Å². The zero-order valence-electron chi connectivity index (χ0n) is 10.3. The summed E-state index contributed by atoms with van der Waals surface area (Å²) < 4.78 is 39.8. The minimum absolute atomic E-state index is 0.108. The molecule has 18 heavy (non-hydrogen) atoms. The Labute approximate surface area is 104 Å². The highest BCUT2D eigenvalue weighted by molar-refractivity contribution is 5.82. The molecule has 0 atom stereocenters. The van der Waals surface area contributed by atoms with E-state index in [0.29, 0.717) is 0 Å². The van der Waals surface area contributed by atoms with Crippen molar-refractivity contribution in [3.05, 3.63) is 34.9 Å². The third kappa shape index (κ3) is 4.87. The average molecular weight is 260 g/mol. The molecule has 100 valence electrons. The van der Waals surface area contributed by atoms with E-state index in [1.807, 2.05) is 32.0 Å². The van der Waals surface area contributed by atoms with Crippen LogP contribution < -0.4 is 0 Å². The molecular weight excluding hydrogens is 245 g/mol. The summed E-state index contributed by atoms with van der Waals surface area (Å²) in [6.45, 7) is 1.84. The Morgan fingerprint density at radius 2 is 1.78 bits per heavy atom. The molecule has 0 heterocycles. The van der Waals surface area contributed by atoms with Crippen molar-refractivity contribution in [1.82, 2.24) is 0 Å². The number of carbonyl (C=O) groups is 1. The van der Waals surface area contributed by atoms with Gasteiger partial charge in [-0.1, -0.05) is 18.2 Å². The lowest BCUT2D eigenvalue weighted by Gasteiger charge is -2.10. The van der Waals surface area contributed by atoms with Gasteiger partial charge in [0.25, 0.3) is 0 Å². The maximum Gasteiger partial charge on any atom is 0.411 e. The van der Waals surface area contributed by atoms with Gasteiger partial charge in [-0.05, 0) is 30.5 Å². The number of alkyl halides is 3. The van der Waals surface area contributed by atoms with Gasteiger partial charge < -0.3 is 4.74 Å². The topological polar surface area (TPSA) is 26.3 Å². The number of aryl methyl sites for hydroxylation is 2. The van der Waals surface area contributed by atoms with E-state index in [9.17, 15) is 18.0 Å². The number of ether oxygens (including phenoxy) is 1. The summed E-state index contributed by atoms with van der Waals surface area (Å²) in [6, 6.07) is 5.61. The van der Waals surface area contributed by atoms with Crippen LogP contribution in [0.2, 0.25) is 0 Å². The highest BCUT2D eigenvalue weighted by Crippen LogP contribution is 2.16. The first-order valence-corrected chi connectivity index (χ1v) is 5.51. The van der Waals surface area contributed by atoms with Crippen LogP contribution in [0.4, 0.5) is 13.2 Å². The van der Waals surface area contributed by atoms with E-state index in [1.165, 1.54) is 0 Å². The van der Waals surface area contributed by atoms with Crippen LogP contribution in [0.1, 0.15) is 16.7 Å². The van der Waals surface area contributed by atoms with Crippen molar-refractivity contribution in [3.8, 4) is 0 Å². The van der Waals surface area contributed by atoms with Crippen LogP contribution in [0.5, 0.6) is 0 Å². The summed E-state index contributed by atoms with van der Waals surface area (Å²) in [4.78, 5) is 11.5. The third-order valence-corrected chi connectivity index (χ3v) is 2.55. The highest BCUT2D eigenvalue weighted by Gasteiger charge is 2.27. The number of benzene rings is 1. The second-order valence-electron chi connectivity index (χ2n) is 4.19. The Morgan fingerprint density at radius 1 is 1.22 bits per heavy atom. The molecule has 0 N–H and O–H groups in total. The predicted octanol–water partition coefficient (Wildman–Crippen LogP) is 2.99. The van der Waals surface area contributed by atoms with Crippen LogP contribution in [0.25, 0.3) is 0 Å². The lowest BCUT2D eigenvalue weighted by Crippen LogP contribution is -2.21. The Kier molecular flexibility index (Phi) is 4.90. The quantitative estimate of drug-likeness (QED) is 0.813. The van der Waals surface area contributed by atoms with Gasteiger partial charge in [0.2, 0.25) is 0 Å². The number of rotatable bonds is 5. The minimum Gasteiger partial charge on any atom is -0.364 e. The van der Waals surface area contributed by atoms with Gasteiger partial charge in [-0.25, -0.2) is 0 Å². The summed E-state index contributed by atoms with van der Waals surface area (Å²) in [5, 5.41) is 0. The van der Waals surface area contributed by atoms with Gasteiger partial charge in [-0.2, -0.15) is 13.2 Å². The molecule has 5 heteroatoms. The highest BCUT2D eigenvalue weighted by atomic mass is 19.4. The SMILES string of the molecule is Cc1cccc(C)c1CC(=O)COCC(F)(F)F. The average Bonchev–Trinajstić information content (AvgIpc) is 2.22. The summed E-state index contributed by atoms with van der Waals surface area (Å²) in [5.74, 6) is -0.350. The molecule has 0 saturated carbocycles. The van der Waals surface area contributed by atoms with E-state index in [-0.39, 0.29) is 12.2 Å². The molecule has 0 fully saturated rings. The van der Waals surface area contributed by atoms with Crippen LogP contribution in [0.3, 0.4) is 0 Å². The molecule has 0 aliphatic rings. The van der Waals surface area contributed by atoms with Crippen molar-refractivity contribution in [1.29, 1.82) is 0 Å². The lowest BCUT2D eigenvalue weighted by atomic mass is 9.98. The largest absolute Gasteiger partial charge is 0.411 e. The molecule has 0 unspecified atom stereocenters. The number of hydrogen-bond acceptors (Lipinski definition) is 2. The third-order valence-electron chi connectivity index (χ3n) is 2.55. The summed E-state index contributed by atoms with van der Waals surface area (Å²) in [6.07, 6.45) is -4.28. The van der Waals surface area contributed by atoms with Crippen molar-refractivity contribution in [2.24, 2.45) is 0 Å². The first kappa shape index (κ1) is 14.7. The molecule has 0 spiro atoms. The number of hydrogen-bond donors (Lipinski definition) is 0. The predicted molar refractivity (Wildman–Crippen MR) is 61.5 cm³/mol. The van der Waals surface area contributed by atoms with Crippen molar-refractivity contribution in [2.75, 3.05) is 13.2 Å². The van der Waals surface area contributed by atoms with Gasteiger partial charge in [0.1, 0.15) is 13.2 Å². The van der Waals surface area contributed by atoms with E-state index in [0.717, 1.165) is 16.7 Å². The molecule has 1 rings (SSSR count). The minimum atomic E-state index is -4.39. The molecule has 1 aromatic carbocycles. The van der Waals surface area contributed by atoms with E-state index in [2.05, 4.69) is 4.74 Å². The smallest absolute Gasteiger partial charge is 0.364 e. The molecule has 0 aliphatic carbocycles. The van der Waals surface area contributed by atoms with Crippen LogP contribution in [-0.2, 0) is 16.0 Å². The lowest BCUT2D eigenvalue weighted by molar-refractivity contribution is -0.175. The zero-order chi connectivity index (χ0) is 13.8. The van der Waals surface area contributed by atoms with Gasteiger partial charge >= 0.3 is 6.18 Å². The second kappa shape index (κ2) is 6.00. The maximum atomic E-state index is 11.8. The Balaban J connectivity index is 2.50. The fourth-order valence-electron chi connectivity index (χ4n) is 1.66. The first-order valence-electron chi connectivity index (χ1n) is 5.51. The summed E-state index contributed by atoms with van der Waals surface area (Å²) in [7, 11) is 0. The molecular formula is C13H15F3O2. The van der Waals surface area contributed by atoms with E-state index < -0.39 is 19.4 Å². The Hall–Kier alpha value is -1.36. The Bertz CT molecular complexity index is 404. The summed E-state index contributed by atoms with van der Waals surface area (Å²) in [5.41, 5.74) is 2.77. The van der Waals surface area contributed by atoms with Gasteiger partial charge in [0.15, 0.2) is 5.78 Å². The van der Waals surface area contributed by atoms with Gasteiger partial charge in [0, 0.05) is 6.42 Å².